The van der Waals surface area contributed by atoms with Crippen LogP contribution in [0.2, 0.25) is 0 Å². The molecule has 1 saturated heterocycles. The lowest BCUT2D eigenvalue weighted by molar-refractivity contribution is -0.137. The fraction of sp³-hybridized carbons (Fsp3) is 0.316. The fourth-order valence-electron chi connectivity index (χ4n) is 2.76. The van der Waals surface area contributed by atoms with E-state index in [4.69, 9.17) is 9.47 Å². The molecular weight excluding hydrogens is 361 g/mol. The number of benzene rings is 2. The highest BCUT2D eigenvalue weighted by Crippen LogP contribution is 2.38. The van der Waals surface area contributed by atoms with Crippen LogP contribution in [-0.2, 0) is 15.7 Å². The summed E-state index contributed by atoms with van der Waals surface area (Å²) in [6, 6.07) is 11.4. The molecule has 1 fully saturated rings. The second-order valence-electron chi connectivity index (χ2n) is 6.03. The Morgan fingerprint density at radius 3 is 2.56 bits per heavy atom. The van der Waals surface area contributed by atoms with E-state index in [1.54, 1.807) is 30.3 Å². The molecule has 8 heteroatoms. The van der Waals surface area contributed by atoms with Crippen LogP contribution in [0.3, 0.4) is 0 Å². The molecule has 1 aliphatic heterocycles. The van der Waals surface area contributed by atoms with E-state index in [1.807, 2.05) is 0 Å². The zero-order valence-electron chi connectivity index (χ0n) is 14.4. The predicted molar refractivity (Wildman–Crippen MR) is 94.5 cm³/mol. The normalized spacial score (nSPS) is 17.4. The highest BCUT2D eigenvalue weighted by Gasteiger charge is 2.34. The second kappa shape index (κ2) is 8.41. The van der Waals surface area contributed by atoms with Gasteiger partial charge in [-0.05, 0) is 23.3 Å². The van der Waals surface area contributed by atoms with Crippen LogP contribution in [0.15, 0.2) is 48.5 Å². The number of carbonyl (C=O) groups excluding carboxylic acids is 1. The van der Waals surface area contributed by atoms with Crippen molar-refractivity contribution in [1.29, 1.82) is 0 Å². The Balaban J connectivity index is 1.71. The Kier molecular flexibility index (Phi) is 5.98. The summed E-state index contributed by atoms with van der Waals surface area (Å²) in [4.78, 5) is 12.0. The lowest BCUT2D eigenvalue weighted by Crippen LogP contribution is -2.41. The molecule has 0 aromatic heterocycles. The molecule has 2 amide bonds. The number of hydrogen-bond acceptors (Lipinski definition) is 3. The Hall–Kier alpha value is -2.58. The van der Waals surface area contributed by atoms with E-state index in [9.17, 15) is 18.0 Å². The molecule has 1 atom stereocenters. The Labute approximate surface area is 154 Å². The number of rotatable bonds is 4. The van der Waals surface area contributed by atoms with Crippen molar-refractivity contribution in [2.24, 2.45) is 0 Å². The van der Waals surface area contributed by atoms with Gasteiger partial charge < -0.3 is 20.1 Å². The Bertz CT molecular complexity index is 776. The average molecular weight is 380 g/mol. The number of ether oxygens (including phenoxy) is 2. The van der Waals surface area contributed by atoms with Gasteiger partial charge in [-0.2, -0.15) is 13.2 Å². The van der Waals surface area contributed by atoms with E-state index in [1.165, 1.54) is 12.1 Å². The van der Waals surface area contributed by atoms with Crippen LogP contribution in [0.5, 0.6) is 0 Å². The Morgan fingerprint density at radius 2 is 1.89 bits per heavy atom. The monoisotopic (exact) mass is 380 g/mol. The minimum Gasteiger partial charge on any atom is -0.376 e. The number of nitrogens with one attached hydrogen (secondary N) is 2. The molecular formula is C19H19F3N2O3. The zero-order chi connectivity index (χ0) is 19.3. The summed E-state index contributed by atoms with van der Waals surface area (Å²) in [6.45, 7) is 1.53. The predicted octanol–water partition coefficient (Wildman–Crippen LogP) is 3.91. The van der Waals surface area contributed by atoms with Crippen LogP contribution in [-0.4, -0.2) is 38.5 Å². The molecule has 3 rings (SSSR count). The largest absolute Gasteiger partial charge is 0.417 e. The highest BCUT2D eigenvalue weighted by atomic mass is 19.4. The molecule has 2 aromatic carbocycles. The van der Waals surface area contributed by atoms with E-state index in [0.717, 1.165) is 6.07 Å². The van der Waals surface area contributed by atoms with Crippen LogP contribution >= 0.6 is 0 Å². The van der Waals surface area contributed by atoms with Crippen molar-refractivity contribution >= 4 is 11.7 Å². The first-order valence-corrected chi connectivity index (χ1v) is 8.44. The van der Waals surface area contributed by atoms with Crippen LogP contribution in [0.25, 0.3) is 11.1 Å². The van der Waals surface area contributed by atoms with Gasteiger partial charge >= 0.3 is 12.2 Å². The number of amides is 2. The van der Waals surface area contributed by atoms with E-state index >= 15 is 0 Å². The van der Waals surface area contributed by atoms with Gasteiger partial charge in [-0.3, -0.25) is 0 Å². The molecule has 144 valence electrons. The third kappa shape index (κ3) is 5.21. The summed E-state index contributed by atoms with van der Waals surface area (Å²) in [5.41, 5.74) is -0.243. The maximum atomic E-state index is 13.5. The first kappa shape index (κ1) is 19.2. The van der Waals surface area contributed by atoms with Crippen LogP contribution in [0, 0.1) is 0 Å². The van der Waals surface area contributed by atoms with Gasteiger partial charge in [0.2, 0.25) is 0 Å². The molecule has 1 aliphatic rings. The Morgan fingerprint density at radius 1 is 1.11 bits per heavy atom. The number of carbonyl (C=O) groups is 1. The van der Waals surface area contributed by atoms with Crippen molar-refractivity contribution in [3.8, 4) is 11.1 Å². The minimum absolute atomic E-state index is 0.0559. The van der Waals surface area contributed by atoms with E-state index in [-0.39, 0.29) is 23.9 Å². The second-order valence-corrected chi connectivity index (χ2v) is 6.03. The number of hydrogen-bond donors (Lipinski definition) is 2. The third-order valence-electron chi connectivity index (χ3n) is 4.04. The summed E-state index contributed by atoms with van der Waals surface area (Å²) in [5.74, 6) is 0. The molecule has 0 radical (unpaired) electrons. The molecule has 27 heavy (non-hydrogen) atoms. The SMILES string of the molecule is O=C(NCC1COCCO1)Nc1ccc(-c2ccccc2)c(C(F)(F)F)c1. The van der Waals surface area contributed by atoms with E-state index in [0.29, 0.717) is 25.4 Å². The quantitative estimate of drug-likeness (QED) is 0.846. The average Bonchev–Trinajstić information content (AvgIpc) is 2.67. The molecule has 2 N–H and O–H groups in total. The van der Waals surface area contributed by atoms with Gasteiger partial charge in [0, 0.05) is 12.2 Å². The molecule has 5 nitrogen and oxygen atoms in total. The van der Waals surface area contributed by atoms with Crippen LogP contribution < -0.4 is 10.6 Å². The first-order valence-electron chi connectivity index (χ1n) is 8.44. The molecule has 1 unspecified atom stereocenters. The molecule has 0 saturated carbocycles. The van der Waals surface area contributed by atoms with Gasteiger partial charge in [0.1, 0.15) is 0 Å². The topological polar surface area (TPSA) is 59.6 Å². The van der Waals surface area contributed by atoms with Crippen LogP contribution in [0.1, 0.15) is 5.56 Å². The van der Waals surface area contributed by atoms with Crippen molar-refractivity contribution in [3.63, 3.8) is 0 Å². The highest BCUT2D eigenvalue weighted by molar-refractivity contribution is 5.90. The zero-order valence-corrected chi connectivity index (χ0v) is 14.4. The van der Waals surface area contributed by atoms with Gasteiger partial charge in [-0.25, -0.2) is 4.79 Å². The maximum absolute atomic E-state index is 13.5. The van der Waals surface area contributed by atoms with Crippen molar-refractivity contribution in [2.75, 3.05) is 31.7 Å². The summed E-state index contributed by atoms with van der Waals surface area (Å²) in [7, 11) is 0. The molecule has 0 spiro atoms. The maximum Gasteiger partial charge on any atom is 0.417 e. The van der Waals surface area contributed by atoms with Gasteiger partial charge in [-0.15, -0.1) is 0 Å². The summed E-state index contributed by atoms with van der Waals surface area (Å²) < 4.78 is 51.1. The van der Waals surface area contributed by atoms with Crippen molar-refractivity contribution in [2.45, 2.75) is 12.3 Å². The lowest BCUT2D eigenvalue weighted by Gasteiger charge is -2.23. The number of anilines is 1. The van der Waals surface area contributed by atoms with Crippen molar-refractivity contribution in [1.82, 2.24) is 5.32 Å². The standard InChI is InChI=1S/C19H19F3N2O3/c20-19(21,22)17-10-14(6-7-16(17)13-4-2-1-3-5-13)24-18(25)23-11-15-12-26-8-9-27-15/h1-7,10,15H,8-9,11-12H2,(H2,23,24,25). The molecule has 1 heterocycles. The van der Waals surface area contributed by atoms with Crippen LogP contribution in [0.4, 0.5) is 23.7 Å². The summed E-state index contributed by atoms with van der Waals surface area (Å²) >= 11 is 0. The molecule has 2 aromatic rings. The van der Waals surface area contributed by atoms with E-state index in [2.05, 4.69) is 10.6 Å². The molecule has 0 aliphatic carbocycles. The van der Waals surface area contributed by atoms with Gasteiger partial charge in [0.05, 0.1) is 31.5 Å². The number of urea groups is 1. The minimum atomic E-state index is -4.55. The first-order chi connectivity index (χ1) is 12.9. The fourth-order valence-corrected chi connectivity index (χ4v) is 2.76. The smallest absolute Gasteiger partial charge is 0.376 e. The molecule has 0 bridgehead atoms. The van der Waals surface area contributed by atoms with Gasteiger partial charge in [-0.1, -0.05) is 36.4 Å². The summed E-state index contributed by atoms with van der Waals surface area (Å²) in [6.07, 6.45) is -4.82. The van der Waals surface area contributed by atoms with Gasteiger partial charge in [0.15, 0.2) is 0 Å². The lowest BCUT2D eigenvalue weighted by atomic mass is 9.98. The third-order valence-corrected chi connectivity index (χ3v) is 4.04. The number of alkyl halides is 3. The number of halogens is 3. The summed E-state index contributed by atoms with van der Waals surface area (Å²) in [5, 5.41) is 5.00. The van der Waals surface area contributed by atoms with Crippen molar-refractivity contribution < 1.29 is 27.4 Å². The van der Waals surface area contributed by atoms with Crippen molar-refractivity contribution in [3.05, 3.63) is 54.1 Å². The van der Waals surface area contributed by atoms with Gasteiger partial charge in [0.25, 0.3) is 0 Å². The van der Waals surface area contributed by atoms with E-state index < -0.39 is 17.8 Å².